The van der Waals surface area contributed by atoms with Crippen molar-refractivity contribution in [2.45, 2.75) is 6.61 Å². The van der Waals surface area contributed by atoms with Gasteiger partial charge in [0.1, 0.15) is 0 Å². The van der Waals surface area contributed by atoms with Crippen molar-refractivity contribution in [3.8, 4) is 11.5 Å². The second kappa shape index (κ2) is 8.00. The third kappa shape index (κ3) is 4.34. The zero-order chi connectivity index (χ0) is 16.7. The van der Waals surface area contributed by atoms with Gasteiger partial charge in [-0.1, -0.05) is 24.3 Å². The number of carbonyl (C=O) groups excluding carboxylic acids is 1. The number of carbonyl (C=O) groups is 1. The van der Waals surface area contributed by atoms with Crippen LogP contribution in [-0.2, 0) is 11.4 Å². The first-order chi connectivity index (χ1) is 11.2. The van der Waals surface area contributed by atoms with Crippen LogP contribution < -0.4 is 14.8 Å². The Hall–Kier alpha value is -2.79. The molecular formula is C18H19NO4. The first-order valence-corrected chi connectivity index (χ1v) is 7.07. The van der Waals surface area contributed by atoms with Gasteiger partial charge >= 0.3 is 0 Å². The molecule has 5 heteroatoms. The molecule has 2 N–H and O–H groups in total. The van der Waals surface area contributed by atoms with E-state index < -0.39 is 0 Å². The summed E-state index contributed by atoms with van der Waals surface area (Å²) in [4.78, 5) is 12.0. The van der Waals surface area contributed by atoms with Crippen molar-refractivity contribution in [2.24, 2.45) is 0 Å². The lowest BCUT2D eigenvalue weighted by Crippen LogP contribution is -2.08. The minimum absolute atomic E-state index is 0.0689. The molecule has 0 bridgehead atoms. The van der Waals surface area contributed by atoms with Crippen LogP contribution in [-0.4, -0.2) is 25.2 Å². The van der Waals surface area contributed by atoms with Crippen molar-refractivity contribution < 1.29 is 19.4 Å². The van der Waals surface area contributed by atoms with Crippen LogP contribution in [0.15, 0.2) is 48.5 Å². The summed E-state index contributed by atoms with van der Waals surface area (Å²) in [5.41, 5.74) is 2.11. The highest BCUT2D eigenvalue weighted by molar-refractivity contribution is 6.02. The zero-order valence-corrected chi connectivity index (χ0v) is 13.1. The second-order valence-corrected chi connectivity index (χ2v) is 4.76. The summed E-state index contributed by atoms with van der Waals surface area (Å²) in [6, 6.07) is 12.5. The Balaban J connectivity index is 2.12. The molecule has 0 unspecified atom stereocenters. The Morgan fingerprint density at radius 1 is 1.17 bits per heavy atom. The number of hydrogen-bond donors (Lipinski definition) is 2. The highest BCUT2D eigenvalue weighted by atomic mass is 16.5. The quantitative estimate of drug-likeness (QED) is 0.805. The van der Waals surface area contributed by atoms with Crippen molar-refractivity contribution >= 4 is 17.7 Å². The van der Waals surface area contributed by atoms with Gasteiger partial charge in [-0.05, 0) is 29.8 Å². The maximum absolute atomic E-state index is 12.0. The molecule has 2 aromatic rings. The van der Waals surface area contributed by atoms with Gasteiger partial charge in [-0.2, -0.15) is 0 Å². The minimum atomic E-state index is -0.273. The number of anilines is 1. The number of ether oxygens (including phenoxy) is 2. The number of amides is 1. The fourth-order valence-corrected chi connectivity index (χ4v) is 2.14. The summed E-state index contributed by atoms with van der Waals surface area (Å²) < 4.78 is 10.5. The van der Waals surface area contributed by atoms with E-state index in [0.717, 1.165) is 11.1 Å². The van der Waals surface area contributed by atoms with Gasteiger partial charge in [-0.25, -0.2) is 0 Å². The number of para-hydroxylation sites is 1. The van der Waals surface area contributed by atoms with E-state index in [1.165, 1.54) is 6.08 Å². The van der Waals surface area contributed by atoms with Gasteiger partial charge in [0.2, 0.25) is 5.91 Å². The lowest BCUT2D eigenvalue weighted by atomic mass is 10.1. The Labute approximate surface area is 135 Å². The first-order valence-electron chi connectivity index (χ1n) is 7.07. The van der Waals surface area contributed by atoms with Crippen LogP contribution in [0.3, 0.4) is 0 Å². The first kappa shape index (κ1) is 16.6. The molecule has 0 fully saturated rings. The topological polar surface area (TPSA) is 67.8 Å². The van der Waals surface area contributed by atoms with Crippen molar-refractivity contribution in [3.63, 3.8) is 0 Å². The van der Waals surface area contributed by atoms with E-state index in [0.29, 0.717) is 17.2 Å². The highest BCUT2D eigenvalue weighted by Gasteiger charge is 2.07. The fraction of sp³-hybridized carbons (Fsp3) is 0.167. The number of benzene rings is 2. The van der Waals surface area contributed by atoms with Crippen LogP contribution in [0, 0.1) is 0 Å². The predicted octanol–water partition coefficient (Wildman–Crippen LogP) is 2.85. The van der Waals surface area contributed by atoms with Gasteiger partial charge in [0.05, 0.1) is 20.8 Å². The van der Waals surface area contributed by atoms with E-state index in [2.05, 4.69) is 5.32 Å². The smallest absolute Gasteiger partial charge is 0.248 e. The Bertz CT molecular complexity index is 710. The molecule has 5 nitrogen and oxygen atoms in total. The lowest BCUT2D eigenvalue weighted by molar-refractivity contribution is -0.111. The summed E-state index contributed by atoms with van der Waals surface area (Å²) >= 11 is 0. The maximum Gasteiger partial charge on any atom is 0.248 e. The molecule has 0 spiro atoms. The molecule has 0 aliphatic heterocycles. The van der Waals surface area contributed by atoms with Crippen LogP contribution in [0.2, 0.25) is 0 Å². The molecule has 1 amide bonds. The van der Waals surface area contributed by atoms with Gasteiger partial charge in [0.25, 0.3) is 0 Å². The zero-order valence-electron chi connectivity index (χ0n) is 13.1. The second-order valence-electron chi connectivity index (χ2n) is 4.76. The van der Waals surface area contributed by atoms with E-state index in [9.17, 15) is 4.79 Å². The van der Waals surface area contributed by atoms with Crippen LogP contribution in [0.25, 0.3) is 6.08 Å². The van der Waals surface area contributed by atoms with Gasteiger partial charge in [-0.15, -0.1) is 0 Å². The monoisotopic (exact) mass is 313 g/mol. The molecule has 0 aromatic heterocycles. The summed E-state index contributed by atoms with van der Waals surface area (Å²) in [7, 11) is 3.11. The van der Waals surface area contributed by atoms with Crippen LogP contribution in [0.4, 0.5) is 5.69 Å². The molecule has 0 aliphatic rings. The number of rotatable bonds is 6. The van der Waals surface area contributed by atoms with Gasteiger partial charge in [-0.3, -0.25) is 4.79 Å². The third-order valence-electron chi connectivity index (χ3n) is 3.22. The fourth-order valence-electron chi connectivity index (χ4n) is 2.14. The van der Waals surface area contributed by atoms with Crippen molar-refractivity contribution in [2.75, 3.05) is 19.5 Å². The standard InChI is InChI=1S/C18H19NO4/c1-22-16-8-4-6-14(18(16)23-2)9-10-17(21)19-15-7-3-5-13(11-15)12-20/h3-11,20H,12H2,1-2H3,(H,19,21)/b10-9+. The maximum atomic E-state index is 12.0. The molecule has 0 saturated carbocycles. The molecule has 23 heavy (non-hydrogen) atoms. The molecule has 0 atom stereocenters. The molecule has 120 valence electrons. The average molecular weight is 313 g/mol. The largest absolute Gasteiger partial charge is 0.493 e. The van der Waals surface area contributed by atoms with Crippen molar-refractivity contribution in [1.29, 1.82) is 0 Å². The van der Waals surface area contributed by atoms with Crippen LogP contribution >= 0.6 is 0 Å². The average Bonchev–Trinajstić information content (AvgIpc) is 2.59. The number of methoxy groups -OCH3 is 2. The van der Waals surface area contributed by atoms with E-state index in [4.69, 9.17) is 14.6 Å². The van der Waals surface area contributed by atoms with E-state index >= 15 is 0 Å². The predicted molar refractivity (Wildman–Crippen MR) is 89.6 cm³/mol. The normalized spacial score (nSPS) is 10.6. The number of nitrogens with one attached hydrogen (secondary N) is 1. The summed E-state index contributed by atoms with van der Waals surface area (Å²) in [6.45, 7) is -0.0689. The molecule has 2 aromatic carbocycles. The summed E-state index contributed by atoms with van der Waals surface area (Å²) in [6.07, 6.45) is 3.08. The summed E-state index contributed by atoms with van der Waals surface area (Å²) in [5, 5.41) is 11.8. The van der Waals surface area contributed by atoms with E-state index in [1.807, 2.05) is 12.1 Å². The molecule has 0 heterocycles. The Morgan fingerprint density at radius 2 is 1.96 bits per heavy atom. The van der Waals surface area contributed by atoms with Gasteiger partial charge in [0, 0.05) is 17.3 Å². The SMILES string of the molecule is COc1cccc(/C=C/C(=O)Nc2cccc(CO)c2)c1OC. The summed E-state index contributed by atoms with van der Waals surface area (Å²) in [5.74, 6) is 0.900. The molecular weight excluding hydrogens is 294 g/mol. The van der Waals surface area contributed by atoms with E-state index in [1.54, 1.807) is 50.6 Å². The number of aliphatic hydroxyl groups is 1. The Kier molecular flexibility index (Phi) is 5.77. The lowest BCUT2D eigenvalue weighted by Gasteiger charge is -2.09. The molecule has 0 aliphatic carbocycles. The molecule has 2 rings (SSSR count). The number of aliphatic hydroxyl groups excluding tert-OH is 1. The third-order valence-corrected chi connectivity index (χ3v) is 3.22. The van der Waals surface area contributed by atoms with E-state index in [-0.39, 0.29) is 12.5 Å². The van der Waals surface area contributed by atoms with Crippen LogP contribution in [0.5, 0.6) is 11.5 Å². The van der Waals surface area contributed by atoms with Crippen molar-refractivity contribution in [3.05, 3.63) is 59.7 Å². The highest BCUT2D eigenvalue weighted by Crippen LogP contribution is 2.31. The molecule has 0 radical (unpaired) electrons. The molecule has 0 saturated heterocycles. The van der Waals surface area contributed by atoms with Gasteiger partial charge in [0.15, 0.2) is 11.5 Å². The minimum Gasteiger partial charge on any atom is -0.493 e. The van der Waals surface area contributed by atoms with Crippen LogP contribution in [0.1, 0.15) is 11.1 Å². The number of hydrogen-bond acceptors (Lipinski definition) is 4. The Morgan fingerprint density at radius 3 is 2.65 bits per heavy atom. The van der Waals surface area contributed by atoms with Crippen molar-refractivity contribution in [1.82, 2.24) is 0 Å². The van der Waals surface area contributed by atoms with Gasteiger partial charge < -0.3 is 19.9 Å².